The van der Waals surface area contributed by atoms with E-state index in [-0.39, 0.29) is 54.4 Å². The zero-order chi connectivity index (χ0) is 28.7. The number of hydrogen-bond donors (Lipinski definition) is 1. The molecule has 2 fully saturated rings. The van der Waals surface area contributed by atoms with Crippen LogP contribution in [0.3, 0.4) is 0 Å². The second-order valence-corrected chi connectivity index (χ2v) is 11.6. The Morgan fingerprint density at radius 1 is 1.18 bits per heavy atom. The van der Waals surface area contributed by atoms with Gasteiger partial charge in [0.1, 0.15) is 4.90 Å². The highest BCUT2D eigenvalue weighted by Gasteiger charge is 2.31. The number of carbonyl (C=O) groups is 1. The van der Waals surface area contributed by atoms with Gasteiger partial charge in [0.25, 0.3) is 5.69 Å². The van der Waals surface area contributed by atoms with Gasteiger partial charge in [-0.05, 0) is 38.8 Å². The lowest BCUT2D eigenvalue weighted by Gasteiger charge is -2.36. The third-order valence-electron chi connectivity index (χ3n) is 7.28. The summed E-state index contributed by atoms with van der Waals surface area (Å²) < 4.78 is 33.3. The van der Waals surface area contributed by atoms with Crippen molar-refractivity contribution in [1.29, 1.82) is 0 Å². The molecule has 1 amide bonds. The standard InChI is InChI=1S/C27H36N6O6S/c1-3-30(4-2)27(34)22-9-7-13-31(20-22)25-10-6-5-8-21(25)19-28-29-24-12-11-23(33(35)36)18-26(24)40(37,38)32-14-16-39-17-15-32/h5-6,8,10-12,18-19,22,29H,3-4,7,9,13-17,20H2,1-2H3/b28-19+/t22-/m1/s1. The highest BCUT2D eigenvalue weighted by atomic mass is 32.2. The molecule has 2 aliphatic heterocycles. The zero-order valence-corrected chi connectivity index (χ0v) is 23.7. The van der Waals surface area contributed by atoms with E-state index in [0.717, 1.165) is 36.7 Å². The van der Waals surface area contributed by atoms with Crippen LogP contribution in [-0.2, 0) is 19.6 Å². The van der Waals surface area contributed by atoms with E-state index in [0.29, 0.717) is 19.6 Å². The second-order valence-electron chi connectivity index (χ2n) is 9.68. The smallest absolute Gasteiger partial charge is 0.270 e. The number of piperidine rings is 1. The molecule has 216 valence electrons. The van der Waals surface area contributed by atoms with Crippen LogP contribution in [0.25, 0.3) is 0 Å². The van der Waals surface area contributed by atoms with Gasteiger partial charge in [-0.15, -0.1) is 0 Å². The Balaban J connectivity index is 1.56. The molecule has 0 bridgehead atoms. The van der Waals surface area contributed by atoms with E-state index in [2.05, 4.69) is 15.4 Å². The summed E-state index contributed by atoms with van der Waals surface area (Å²) in [5.74, 6) is 0.0968. The van der Waals surface area contributed by atoms with E-state index in [1.807, 2.05) is 43.0 Å². The number of hydrogen-bond acceptors (Lipinski definition) is 9. The number of para-hydroxylation sites is 1. The van der Waals surface area contributed by atoms with Crippen molar-refractivity contribution in [3.05, 3.63) is 58.1 Å². The van der Waals surface area contributed by atoms with Crippen LogP contribution >= 0.6 is 0 Å². The van der Waals surface area contributed by atoms with Crippen molar-refractivity contribution in [2.45, 2.75) is 31.6 Å². The Morgan fingerprint density at radius 3 is 2.60 bits per heavy atom. The number of nitro benzene ring substituents is 1. The van der Waals surface area contributed by atoms with E-state index in [9.17, 15) is 23.3 Å². The fourth-order valence-corrected chi connectivity index (χ4v) is 6.67. The van der Waals surface area contributed by atoms with Gasteiger partial charge in [-0.25, -0.2) is 8.42 Å². The van der Waals surface area contributed by atoms with Crippen LogP contribution < -0.4 is 10.3 Å². The fraction of sp³-hybridized carbons (Fsp3) is 0.481. The monoisotopic (exact) mass is 572 g/mol. The minimum Gasteiger partial charge on any atom is -0.379 e. The maximum atomic E-state index is 13.4. The van der Waals surface area contributed by atoms with Gasteiger partial charge in [0, 0.05) is 62.7 Å². The first-order valence-corrected chi connectivity index (χ1v) is 15.0. The number of non-ortho nitro benzene ring substituents is 1. The third kappa shape index (κ3) is 6.60. The molecule has 12 nitrogen and oxygen atoms in total. The number of nitro groups is 1. The molecular formula is C27H36N6O6S. The molecule has 13 heteroatoms. The van der Waals surface area contributed by atoms with Crippen molar-refractivity contribution in [2.75, 3.05) is 62.8 Å². The summed E-state index contributed by atoms with van der Waals surface area (Å²) in [6.07, 6.45) is 3.34. The first-order valence-electron chi connectivity index (χ1n) is 13.5. The molecular weight excluding hydrogens is 536 g/mol. The maximum absolute atomic E-state index is 13.4. The number of morpholine rings is 1. The molecule has 0 aromatic heterocycles. The summed E-state index contributed by atoms with van der Waals surface area (Å²) in [7, 11) is -4.03. The van der Waals surface area contributed by atoms with Crippen LogP contribution in [0.2, 0.25) is 0 Å². The van der Waals surface area contributed by atoms with Crippen molar-refractivity contribution in [3.63, 3.8) is 0 Å². The summed E-state index contributed by atoms with van der Waals surface area (Å²) in [4.78, 5) is 27.6. The Bertz CT molecular complexity index is 1340. The number of rotatable bonds is 10. The average molecular weight is 573 g/mol. The molecule has 1 N–H and O–H groups in total. The van der Waals surface area contributed by atoms with Gasteiger partial charge >= 0.3 is 0 Å². The van der Waals surface area contributed by atoms with Crippen LogP contribution in [0.4, 0.5) is 17.1 Å². The van der Waals surface area contributed by atoms with Crippen LogP contribution in [0, 0.1) is 16.0 Å². The van der Waals surface area contributed by atoms with Gasteiger partial charge in [-0.2, -0.15) is 9.41 Å². The SMILES string of the molecule is CCN(CC)C(=O)[C@@H]1CCCN(c2ccccc2/C=N/Nc2ccc([N+](=O)[O-])cc2S(=O)(=O)N2CCOCC2)C1. The Hall–Kier alpha value is -3.55. The number of ether oxygens (including phenoxy) is 1. The first kappa shape index (κ1) is 29.4. The summed E-state index contributed by atoms with van der Waals surface area (Å²) in [5, 5.41) is 15.7. The molecule has 2 aliphatic rings. The number of carbonyl (C=O) groups excluding carboxylic acids is 1. The molecule has 0 radical (unpaired) electrons. The van der Waals surface area contributed by atoms with Gasteiger partial charge in [0.15, 0.2) is 0 Å². The number of nitrogens with one attached hydrogen (secondary N) is 1. The molecule has 4 rings (SSSR count). The Morgan fingerprint density at radius 2 is 1.90 bits per heavy atom. The highest BCUT2D eigenvalue weighted by Crippen LogP contribution is 2.30. The number of sulfonamides is 1. The van der Waals surface area contributed by atoms with E-state index < -0.39 is 14.9 Å². The predicted octanol–water partition coefficient (Wildman–Crippen LogP) is 3.15. The third-order valence-corrected chi connectivity index (χ3v) is 9.21. The molecule has 0 saturated carbocycles. The van der Waals surface area contributed by atoms with Crippen LogP contribution in [0.15, 0.2) is 52.5 Å². The molecule has 2 saturated heterocycles. The van der Waals surface area contributed by atoms with E-state index in [1.165, 1.54) is 16.4 Å². The molecule has 2 aromatic rings. The quantitative estimate of drug-likeness (QED) is 0.260. The van der Waals surface area contributed by atoms with Crippen molar-refractivity contribution >= 4 is 39.2 Å². The number of benzene rings is 2. The lowest BCUT2D eigenvalue weighted by atomic mass is 9.95. The highest BCUT2D eigenvalue weighted by molar-refractivity contribution is 7.89. The van der Waals surface area contributed by atoms with E-state index in [1.54, 1.807) is 6.21 Å². The maximum Gasteiger partial charge on any atom is 0.270 e. The minimum atomic E-state index is -4.03. The normalized spacial score (nSPS) is 18.6. The number of hydrazone groups is 1. The summed E-state index contributed by atoms with van der Waals surface area (Å²) in [5.41, 5.74) is 4.32. The molecule has 0 spiro atoms. The number of nitrogens with zero attached hydrogens (tertiary/aromatic N) is 5. The lowest BCUT2D eigenvalue weighted by molar-refractivity contribution is -0.385. The summed E-state index contributed by atoms with van der Waals surface area (Å²) in [6.45, 7) is 7.60. The molecule has 0 unspecified atom stereocenters. The van der Waals surface area contributed by atoms with E-state index in [4.69, 9.17) is 4.74 Å². The Kier molecular flexibility index (Phi) is 9.71. The topological polar surface area (TPSA) is 138 Å². The number of amides is 1. The van der Waals surface area contributed by atoms with Gasteiger partial charge in [-0.1, -0.05) is 18.2 Å². The van der Waals surface area contributed by atoms with Crippen molar-refractivity contribution in [2.24, 2.45) is 11.0 Å². The molecule has 2 aromatic carbocycles. The van der Waals surface area contributed by atoms with Crippen molar-refractivity contribution in [1.82, 2.24) is 9.21 Å². The molecule has 1 atom stereocenters. The van der Waals surface area contributed by atoms with Gasteiger partial charge in [0.2, 0.25) is 15.9 Å². The molecule has 40 heavy (non-hydrogen) atoms. The van der Waals surface area contributed by atoms with Gasteiger partial charge in [0.05, 0.1) is 36.0 Å². The lowest BCUT2D eigenvalue weighted by Crippen LogP contribution is -2.45. The largest absolute Gasteiger partial charge is 0.379 e. The number of anilines is 2. The van der Waals surface area contributed by atoms with Crippen LogP contribution in [0.5, 0.6) is 0 Å². The summed E-state index contributed by atoms with van der Waals surface area (Å²) >= 11 is 0. The van der Waals surface area contributed by atoms with Crippen molar-refractivity contribution in [3.8, 4) is 0 Å². The average Bonchev–Trinajstić information content (AvgIpc) is 2.98. The van der Waals surface area contributed by atoms with Crippen LogP contribution in [0.1, 0.15) is 32.3 Å². The summed E-state index contributed by atoms with van der Waals surface area (Å²) in [6, 6.07) is 11.3. The van der Waals surface area contributed by atoms with Crippen LogP contribution in [-0.4, -0.2) is 87.2 Å². The predicted molar refractivity (Wildman–Crippen MR) is 153 cm³/mol. The van der Waals surface area contributed by atoms with Gasteiger partial charge in [-0.3, -0.25) is 20.3 Å². The second kappa shape index (κ2) is 13.2. The van der Waals surface area contributed by atoms with Gasteiger partial charge < -0.3 is 14.5 Å². The first-order chi connectivity index (χ1) is 19.3. The Labute approximate surface area is 234 Å². The fourth-order valence-electron chi connectivity index (χ4n) is 5.10. The molecule has 0 aliphatic carbocycles. The minimum absolute atomic E-state index is 0.0789. The molecule has 2 heterocycles. The van der Waals surface area contributed by atoms with Crippen molar-refractivity contribution < 1.29 is 22.9 Å². The van der Waals surface area contributed by atoms with E-state index >= 15 is 0 Å². The zero-order valence-electron chi connectivity index (χ0n) is 22.9.